The number of carbonyl (C=O) groups excluding carboxylic acids is 1. The highest BCUT2D eigenvalue weighted by Crippen LogP contribution is 2.48. The second-order valence-corrected chi connectivity index (χ2v) is 5.69. The Morgan fingerprint density at radius 2 is 2.06 bits per heavy atom. The molecule has 0 unspecified atom stereocenters. The second kappa shape index (κ2) is 4.00. The molecule has 1 aromatic heterocycles. The fraction of sp³-hybridized carbons (Fsp3) is 0.538. The first-order valence-electron chi connectivity index (χ1n) is 5.85. The Hall–Kier alpha value is -1.52. The molecule has 18 heavy (non-hydrogen) atoms. The van der Waals surface area contributed by atoms with Gasteiger partial charge in [0, 0.05) is 12.6 Å². The van der Waals surface area contributed by atoms with Crippen molar-refractivity contribution in [2.24, 2.45) is 5.92 Å². The lowest BCUT2D eigenvalue weighted by Gasteiger charge is -2.18. The quantitative estimate of drug-likeness (QED) is 0.881. The predicted molar refractivity (Wildman–Crippen MR) is 64.6 cm³/mol. The van der Waals surface area contributed by atoms with E-state index < -0.39 is 17.7 Å². The van der Waals surface area contributed by atoms with Crippen molar-refractivity contribution in [1.29, 1.82) is 0 Å². The third-order valence-corrected chi connectivity index (χ3v) is 3.02. The first-order valence-corrected chi connectivity index (χ1v) is 5.85. The van der Waals surface area contributed by atoms with E-state index in [0.29, 0.717) is 5.82 Å². The third kappa shape index (κ3) is 2.66. The van der Waals surface area contributed by atoms with Gasteiger partial charge in [-0.3, -0.25) is 4.79 Å². The fourth-order valence-corrected chi connectivity index (χ4v) is 1.62. The Kier molecular flexibility index (Phi) is 2.87. The highest BCUT2D eigenvalue weighted by molar-refractivity contribution is 5.94. The molecule has 1 saturated carbocycles. The number of nitrogens with one attached hydrogen (secondary N) is 1. The van der Waals surface area contributed by atoms with E-state index in [0.717, 1.165) is 5.56 Å². The molecular formula is C13H16F2N2O. The minimum atomic E-state index is -2.84. The van der Waals surface area contributed by atoms with Crippen LogP contribution in [0.15, 0.2) is 18.3 Å². The average molecular weight is 254 g/mol. The van der Waals surface area contributed by atoms with Crippen molar-refractivity contribution in [1.82, 2.24) is 4.98 Å². The first-order chi connectivity index (χ1) is 8.20. The monoisotopic (exact) mass is 254 g/mol. The van der Waals surface area contributed by atoms with Gasteiger partial charge in [-0.1, -0.05) is 26.8 Å². The molecule has 0 aliphatic heterocycles. The van der Waals surface area contributed by atoms with E-state index in [4.69, 9.17) is 0 Å². The third-order valence-electron chi connectivity index (χ3n) is 3.02. The van der Waals surface area contributed by atoms with E-state index in [1.807, 2.05) is 26.8 Å². The lowest BCUT2D eigenvalue weighted by atomic mass is 9.88. The SMILES string of the molecule is CC(C)(C)c1ccc(NC(=O)[C@@H]2CC2(F)F)nc1. The van der Waals surface area contributed by atoms with E-state index in [9.17, 15) is 13.6 Å². The molecule has 0 spiro atoms. The molecule has 1 N–H and O–H groups in total. The number of hydrogen-bond donors (Lipinski definition) is 1. The maximum absolute atomic E-state index is 12.7. The fourth-order valence-electron chi connectivity index (χ4n) is 1.62. The van der Waals surface area contributed by atoms with Crippen LogP contribution in [0.2, 0.25) is 0 Å². The minimum absolute atomic E-state index is 0.0287. The number of amides is 1. The molecule has 1 atom stereocenters. The van der Waals surface area contributed by atoms with Gasteiger partial charge in [-0.05, 0) is 17.0 Å². The van der Waals surface area contributed by atoms with Gasteiger partial charge in [-0.25, -0.2) is 13.8 Å². The zero-order chi connectivity index (χ0) is 13.6. The van der Waals surface area contributed by atoms with E-state index in [1.54, 1.807) is 12.3 Å². The molecule has 0 aromatic carbocycles. The van der Waals surface area contributed by atoms with Gasteiger partial charge in [0.2, 0.25) is 5.91 Å². The molecule has 98 valence electrons. The summed E-state index contributed by atoms with van der Waals surface area (Å²) in [7, 11) is 0. The zero-order valence-electron chi connectivity index (χ0n) is 10.6. The second-order valence-electron chi connectivity index (χ2n) is 5.69. The van der Waals surface area contributed by atoms with Gasteiger partial charge in [-0.2, -0.15) is 0 Å². The van der Waals surface area contributed by atoms with Crippen LogP contribution >= 0.6 is 0 Å². The summed E-state index contributed by atoms with van der Waals surface area (Å²) < 4.78 is 25.4. The normalized spacial score (nSPS) is 21.5. The summed E-state index contributed by atoms with van der Waals surface area (Å²) in [6.45, 7) is 6.15. The van der Waals surface area contributed by atoms with Crippen molar-refractivity contribution in [3.63, 3.8) is 0 Å². The molecule has 1 aliphatic carbocycles. The Labute approximate surface area is 105 Å². The molecule has 1 fully saturated rings. The number of carbonyl (C=O) groups is 1. The van der Waals surface area contributed by atoms with Gasteiger partial charge in [0.1, 0.15) is 11.7 Å². The van der Waals surface area contributed by atoms with Crippen LogP contribution in [0.4, 0.5) is 14.6 Å². The molecule has 1 amide bonds. The summed E-state index contributed by atoms with van der Waals surface area (Å²) in [4.78, 5) is 15.5. The standard InChI is InChI=1S/C13H16F2N2O/c1-12(2,3)8-4-5-10(16-7-8)17-11(18)9-6-13(9,14)15/h4-5,7,9H,6H2,1-3H3,(H,16,17,18)/t9-/m0/s1. The van der Waals surface area contributed by atoms with Gasteiger partial charge >= 0.3 is 0 Å². The maximum atomic E-state index is 12.7. The topological polar surface area (TPSA) is 42.0 Å². The smallest absolute Gasteiger partial charge is 0.260 e. The number of pyridine rings is 1. The van der Waals surface area contributed by atoms with Crippen molar-refractivity contribution in [3.8, 4) is 0 Å². The molecule has 1 heterocycles. The minimum Gasteiger partial charge on any atom is -0.310 e. The number of halogens is 2. The highest BCUT2D eigenvalue weighted by Gasteiger charge is 2.61. The van der Waals surface area contributed by atoms with E-state index >= 15 is 0 Å². The summed E-state index contributed by atoms with van der Waals surface area (Å²) in [5.74, 6) is -4.37. The number of alkyl halides is 2. The van der Waals surface area contributed by atoms with Gasteiger partial charge < -0.3 is 5.32 Å². The highest BCUT2D eigenvalue weighted by atomic mass is 19.3. The Bertz CT molecular complexity index is 463. The van der Waals surface area contributed by atoms with Crippen LogP contribution in [0.3, 0.4) is 0 Å². The largest absolute Gasteiger partial charge is 0.310 e. The zero-order valence-corrected chi connectivity index (χ0v) is 10.6. The predicted octanol–water partition coefficient (Wildman–Crippen LogP) is 2.97. The van der Waals surface area contributed by atoms with Crippen LogP contribution in [0.5, 0.6) is 0 Å². The maximum Gasteiger partial charge on any atom is 0.260 e. The van der Waals surface area contributed by atoms with Gasteiger partial charge in [0.05, 0.1) is 0 Å². The molecule has 2 rings (SSSR count). The number of aromatic nitrogens is 1. The molecule has 1 aromatic rings. The van der Waals surface area contributed by atoms with Crippen LogP contribution in [0.25, 0.3) is 0 Å². The van der Waals surface area contributed by atoms with Crippen molar-refractivity contribution in [3.05, 3.63) is 23.9 Å². The Morgan fingerprint density at radius 3 is 2.44 bits per heavy atom. The summed E-state index contributed by atoms with van der Waals surface area (Å²) in [5, 5.41) is 2.41. The van der Waals surface area contributed by atoms with Gasteiger partial charge in [0.25, 0.3) is 5.92 Å². The van der Waals surface area contributed by atoms with Gasteiger partial charge in [0.15, 0.2) is 0 Å². The molecule has 0 bridgehead atoms. The molecule has 3 nitrogen and oxygen atoms in total. The van der Waals surface area contributed by atoms with Crippen LogP contribution in [-0.4, -0.2) is 16.8 Å². The van der Waals surface area contributed by atoms with Crippen LogP contribution in [0.1, 0.15) is 32.8 Å². The Balaban J connectivity index is 2.01. The number of rotatable bonds is 2. The summed E-state index contributed by atoms with van der Waals surface area (Å²) in [5.41, 5.74) is 0.997. The molecular weight excluding hydrogens is 238 g/mol. The molecule has 0 radical (unpaired) electrons. The van der Waals surface area contributed by atoms with Crippen LogP contribution in [0, 0.1) is 5.92 Å². The first kappa shape index (κ1) is 12.9. The van der Waals surface area contributed by atoms with E-state index in [1.165, 1.54) is 0 Å². The van der Waals surface area contributed by atoms with E-state index in [2.05, 4.69) is 10.3 Å². The van der Waals surface area contributed by atoms with Crippen molar-refractivity contribution >= 4 is 11.7 Å². The summed E-state index contributed by atoms with van der Waals surface area (Å²) in [6.07, 6.45) is 1.29. The summed E-state index contributed by atoms with van der Waals surface area (Å²) >= 11 is 0. The van der Waals surface area contributed by atoms with Crippen molar-refractivity contribution in [2.75, 3.05) is 5.32 Å². The lowest BCUT2D eigenvalue weighted by molar-refractivity contribution is -0.119. The molecule has 1 aliphatic rings. The van der Waals surface area contributed by atoms with Crippen LogP contribution in [-0.2, 0) is 10.2 Å². The number of nitrogens with zero attached hydrogens (tertiary/aromatic N) is 1. The van der Waals surface area contributed by atoms with Crippen molar-refractivity contribution in [2.45, 2.75) is 38.5 Å². The number of hydrogen-bond acceptors (Lipinski definition) is 2. The van der Waals surface area contributed by atoms with Crippen molar-refractivity contribution < 1.29 is 13.6 Å². The lowest BCUT2D eigenvalue weighted by Crippen LogP contribution is -2.18. The van der Waals surface area contributed by atoms with Crippen LogP contribution < -0.4 is 5.32 Å². The summed E-state index contributed by atoms with van der Waals surface area (Å²) in [6, 6.07) is 3.48. The average Bonchev–Trinajstić information content (AvgIpc) is 2.87. The number of anilines is 1. The Morgan fingerprint density at radius 1 is 1.44 bits per heavy atom. The molecule has 0 saturated heterocycles. The van der Waals surface area contributed by atoms with E-state index in [-0.39, 0.29) is 11.8 Å². The van der Waals surface area contributed by atoms with Gasteiger partial charge in [-0.15, -0.1) is 0 Å². The molecule has 5 heteroatoms.